The third-order valence-corrected chi connectivity index (χ3v) is 3.54. The molecule has 5 nitrogen and oxygen atoms in total. The van der Waals surface area contributed by atoms with Gasteiger partial charge in [0.15, 0.2) is 0 Å². The Morgan fingerprint density at radius 1 is 1.32 bits per heavy atom. The van der Waals surface area contributed by atoms with Crippen molar-refractivity contribution in [3.8, 4) is 5.88 Å². The van der Waals surface area contributed by atoms with E-state index in [9.17, 15) is 0 Å². The van der Waals surface area contributed by atoms with E-state index in [-0.39, 0.29) is 0 Å². The van der Waals surface area contributed by atoms with Crippen molar-refractivity contribution >= 4 is 21.9 Å². The van der Waals surface area contributed by atoms with Crippen molar-refractivity contribution in [1.29, 1.82) is 0 Å². The summed E-state index contributed by atoms with van der Waals surface area (Å²) in [5.41, 5.74) is 0. The molecule has 0 unspecified atom stereocenters. The summed E-state index contributed by atoms with van der Waals surface area (Å²) in [7, 11) is 0. The number of alkyl halides is 1. The first-order chi connectivity index (χ1) is 9.33. The van der Waals surface area contributed by atoms with Gasteiger partial charge >= 0.3 is 0 Å². The Balaban J connectivity index is 1.99. The molecule has 0 aliphatic carbocycles. The third-order valence-electron chi connectivity index (χ3n) is 3.18. The van der Waals surface area contributed by atoms with Gasteiger partial charge < -0.3 is 14.5 Å². The molecule has 0 amide bonds. The first-order valence-corrected chi connectivity index (χ1v) is 7.94. The predicted molar refractivity (Wildman–Crippen MR) is 80.3 cm³/mol. The molecule has 1 aromatic heterocycles. The Morgan fingerprint density at radius 2 is 2.21 bits per heavy atom. The van der Waals surface area contributed by atoms with Crippen molar-refractivity contribution in [3.05, 3.63) is 12.3 Å². The molecule has 1 saturated heterocycles. The topological polar surface area (TPSA) is 41.5 Å². The van der Waals surface area contributed by atoms with E-state index < -0.39 is 0 Å². The van der Waals surface area contributed by atoms with Crippen molar-refractivity contribution in [2.24, 2.45) is 0 Å². The molecule has 0 saturated carbocycles. The first-order valence-electron chi connectivity index (χ1n) is 6.82. The van der Waals surface area contributed by atoms with Crippen molar-refractivity contribution in [3.63, 3.8) is 0 Å². The summed E-state index contributed by atoms with van der Waals surface area (Å²) in [6.07, 6.45) is 2.92. The van der Waals surface area contributed by atoms with E-state index in [0.717, 1.165) is 50.4 Å². The highest BCUT2D eigenvalue weighted by molar-refractivity contribution is 9.09. The second-order valence-electron chi connectivity index (χ2n) is 4.50. The van der Waals surface area contributed by atoms with Crippen LogP contribution in [0.3, 0.4) is 0 Å². The Hall–Kier alpha value is -0.880. The zero-order valence-corrected chi connectivity index (χ0v) is 13.0. The highest BCUT2D eigenvalue weighted by atomic mass is 79.9. The van der Waals surface area contributed by atoms with Crippen LogP contribution < -0.4 is 9.64 Å². The second kappa shape index (κ2) is 7.65. The molecule has 1 aromatic rings. The number of halogens is 1. The standard InChI is InChI=1S/C13H21BrN4O/c1-2-19-12-4-6-15-13(16-12)18-8-3-7-17(9-5-14)10-11-18/h4,6H,2-3,5,7-11H2,1H3. The van der Waals surface area contributed by atoms with Gasteiger partial charge in [0, 0.05) is 43.8 Å². The SMILES string of the molecule is CCOc1ccnc(N2CCCN(CCBr)CC2)n1. The van der Waals surface area contributed by atoms with Crippen LogP contribution in [-0.4, -0.2) is 59.5 Å². The number of anilines is 1. The Labute approximate surface area is 123 Å². The van der Waals surface area contributed by atoms with Crippen LogP contribution in [0, 0.1) is 0 Å². The summed E-state index contributed by atoms with van der Waals surface area (Å²) in [5.74, 6) is 1.45. The van der Waals surface area contributed by atoms with E-state index in [1.165, 1.54) is 0 Å². The summed E-state index contributed by atoms with van der Waals surface area (Å²) in [5, 5.41) is 1.03. The molecule has 0 bridgehead atoms. The molecule has 0 aromatic carbocycles. The lowest BCUT2D eigenvalue weighted by Gasteiger charge is -2.21. The van der Waals surface area contributed by atoms with E-state index in [4.69, 9.17) is 4.74 Å². The van der Waals surface area contributed by atoms with Gasteiger partial charge in [0.2, 0.25) is 11.8 Å². The molecule has 6 heteroatoms. The second-order valence-corrected chi connectivity index (χ2v) is 5.29. The van der Waals surface area contributed by atoms with Crippen LogP contribution in [0.25, 0.3) is 0 Å². The van der Waals surface area contributed by atoms with Gasteiger partial charge in [-0.05, 0) is 19.9 Å². The minimum Gasteiger partial charge on any atom is -0.478 e. The molecule has 0 N–H and O–H groups in total. The van der Waals surface area contributed by atoms with Gasteiger partial charge in [-0.3, -0.25) is 0 Å². The number of nitrogens with zero attached hydrogens (tertiary/aromatic N) is 4. The lowest BCUT2D eigenvalue weighted by atomic mass is 10.4. The maximum atomic E-state index is 5.43. The molecule has 0 radical (unpaired) electrons. The van der Waals surface area contributed by atoms with Gasteiger partial charge in [-0.15, -0.1) is 0 Å². The van der Waals surface area contributed by atoms with Crippen LogP contribution in [0.2, 0.25) is 0 Å². The minimum atomic E-state index is 0.634. The van der Waals surface area contributed by atoms with Crippen molar-refractivity contribution in [1.82, 2.24) is 14.9 Å². The van der Waals surface area contributed by atoms with Crippen molar-refractivity contribution < 1.29 is 4.74 Å². The molecule has 2 heterocycles. The molecular weight excluding hydrogens is 308 g/mol. The van der Waals surface area contributed by atoms with Crippen LogP contribution in [-0.2, 0) is 0 Å². The molecule has 0 spiro atoms. The van der Waals surface area contributed by atoms with Crippen molar-refractivity contribution in [2.75, 3.05) is 49.6 Å². The first kappa shape index (κ1) is 14.5. The largest absolute Gasteiger partial charge is 0.478 e. The summed E-state index contributed by atoms with van der Waals surface area (Å²) in [6, 6.07) is 1.81. The summed E-state index contributed by atoms with van der Waals surface area (Å²) in [4.78, 5) is 13.5. The molecule has 1 aliphatic heterocycles. The van der Waals surface area contributed by atoms with E-state index >= 15 is 0 Å². The predicted octanol–water partition coefficient (Wildman–Crippen LogP) is 1.78. The van der Waals surface area contributed by atoms with Crippen LogP contribution in [0.1, 0.15) is 13.3 Å². The monoisotopic (exact) mass is 328 g/mol. The molecule has 0 atom stereocenters. The fourth-order valence-electron chi connectivity index (χ4n) is 2.23. The van der Waals surface area contributed by atoms with Crippen LogP contribution in [0.4, 0.5) is 5.95 Å². The quantitative estimate of drug-likeness (QED) is 0.771. The number of hydrogen-bond donors (Lipinski definition) is 0. The summed E-state index contributed by atoms with van der Waals surface area (Å²) in [6.45, 7) is 7.90. The van der Waals surface area contributed by atoms with Gasteiger partial charge in [-0.25, -0.2) is 4.98 Å². The summed E-state index contributed by atoms with van der Waals surface area (Å²) >= 11 is 3.50. The van der Waals surface area contributed by atoms with Crippen LogP contribution in [0.15, 0.2) is 12.3 Å². The molecule has 2 rings (SSSR count). The van der Waals surface area contributed by atoms with Gasteiger partial charge in [0.25, 0.3) is 0 Å². The fourth-order valence-corrected chi connectivity index (χ4v) is 2.73. The van der Waals surface area contributed by atoms with E-state index in [1.807, 2.05) is 13.0 Å². The lowest BCUT2D eigenvalue weighted by Crippen LogP contribution is -2.32. The van der Waals surface area contributed by atoms with Gasteiger partial charge in [-0.2, -0.15) is 4.98 Å². The average Bonchev–Trinajstić information content (AvgIpc) is 2.66. The smallest absolute Gasteiger partial charge is 0.228 e. The van der Waals surface area contributed by atoms with E-state index in [0.29, 0.717) is 12.5 Å². The van der Waals surface area contributed by atoms with E-state index in [1.54, 1.807) is 6.20 Å². The maximum absolute atomic E-state index is 5.43. The van der Waals surface area contributed by atoms with E-state index in [2.05, 4.69) is 35.7 Å². The molecule has 1 fully saturated rings. The Morgan fingerprint density at radius 3 is 3.00 bits per heavy atom. The lowest BCUT2D eigenvalue weighted by molar-refractivity contribution is 0.313. The number of rotatable bonds is 5. The Bertz CT molecular complexity index is 391. The van der Waals surface area contributed by atoms with Crippen LogP contribution in [0.5, 0.6) is 5.88 Å². The maximum Gasteiger partial charge on any atom is 0.228 e. The third kappa shape index (κ3) is 4.31. The fraction of sp³-hybridized carbons (Fsp3) is 0.692. The highest BCUT2D eigenvalue weighted by Crippen LogP contribution is 2.15. The number of aromatic nitrogens is 2. The van der Waals surface area contributed by atoms with Crippen molar-refractivity contribution in [2.45, 2.75) is 13.3 Å². The molecule has 19 heavy (non-hydrogen) atoms. The average molecular weight is 329 g/mol. The summed E-state index contributed by atoms with van der Waals surface area (Å²) < 4.78 is 5.43. The number of ether oxygens (including phenoxy) is 1. The molecule has 1 aliphatic rings. The normalized spacial score (nSPS) is 17.3. The minimum absolute atomic E-state index is 0.634. The zero-order valence-electron chi connectivity index (χ0n) is 11.4. The van der Waals surface area contributed by atoms with Gasteiger partial charge in [0.05, 0.1) is 6.61 Å². The van der Waals surface area contributed by atoms with Crippen LogP contribution >= 0.6 is 15.9 Å². The Kier molecular flexibility index (Phi) is 5.85. The van der Waals surface area contributed by atoms with Gasteiger partial charge in [0.1, 0.15) is 0 Å². The molecule has 106 valence electrons. The zero-order chi connectivity index (χ0) is 13.5. The molecular formula is C13H21BrN4O. The number of hydrogen-bond acceptors (Lipinski definition) is 5. The van der Waals surface area contributed by atoms with Gasteiger partial charge in [-0.1, -0.05) is 15.9 Å². The highest BCUT2D eigenvalue weighted by Gasteiger charge is 2.16.